The van der Waals surface area contributed by atoms with Crippen LogP contribution in [0.5, 0.6) is 0 Å². The van der Waals surface area contributed by atoms with E-state index in [0.717, 1.165) is 6.07 Å². The first-order valence-electron chi connectivity index (χ1n) is 13.3. The first-order valence-corrected chi connectivity index (χ1v) is 15.4. The number of hydrogen-bond donors (Lipinski definition) is 3. The predicted molar refractivity (Wildman–Crippen MR) is 173 cm³/mol. The number of carbonyl (C=O) groups excluding carboxylic acids is 1. The molecule has 0 fully saturated rings. The first-order chi connectivity index (χ1) is 20.3. The lowest BCUT2D eigenvalue weighted by Gasteiger charge is -2.25. The minimum absolute atomic E-state index is 0.0208. The minimum atomic E-state index is -0.917. The average Bonchev–Trinajstić information content (AvgIpc) is 2.89. The fourth-order valence-corrected chi connectivity index (χ4v) is 5.26. The highest BCUT2D eigenvalue weighted by molar-refractivity contribution is 8.12. The quantitative estimate of drug-likeness (QED) is 0.110. The molecule has 1 unspecified atom stereocenters. The normalized spacial score (nSPS) is 13.4. The molecule has 0 bridgehead atoms. The summed E-state index contributed by atoms with van der Waals surface area (Å²) in [5.74, 6) is 2.61. The van der Waals surface area contributed by atoms with E-state index in [1.807, 2.05) is 24.5 Å². The lowest BCUT2D eigenvalue weighted by atomic mass is 9.95. The van der Waals surface area contributed by atoms with Gasteiger partial charge in [-0.2, -0.15) is 0 Å². The summed E-state index contributed by atoms with van der Waals surface area (Å²) in [4.78, 5) is 23.0. The van der Waals surface area contributed by atoms with Crippen LogP contribution < -0.4 is 16.4 Å². The predicted octanol–water partition coefficient (Wildman–Crippen LogP) is 7.03. The fourth-order valence-electron chi connectivity index (χ4n) is 4.58. The van der Waals surface area contributed by atoms with E-state index in [1.165, 1.54) is 12.1 Å². The number of aromatic nitrogens is 2. The smallest absolute Gasteiger partial charge is 0.408 e. The number of ether oxygens (including phenoxy) is 1. The Hall–Kier alpha value is -4.09. The maximum Gasteiger partial charge on any atom is 0.408 e. The molecule has 0 aliphatic heterocycles. The molecule has 0 spiro atoms. The van der Waals surface area contributed by atoms with Gasteiger partial charge in [-0.15, -0.1) is 0 Å². The van der Waals surface area contributed by atoms with Gasteiger partial charge in [-0.25, -0.2) is 27.9 Å². The number of nitrogens with one attached hydrogen (secondary N) is 2. The highest BCUT2D eigenvalue weighted by atomic mass is 35.5. The second kappa shape index (κ2) is 13.0. The van der Waals surface area contributed by atoms with E-state index < -0.39 is 40.0 Å². The van der Waals surface area contributed by atoms with Crippen LogP contribution in [-0.2, 0) is 11.2 Å². The summed E-state index contributed by atoms with van der Waals surface area (Å²) in [6.45, 7) is 5.20. The summed E-state index contributed by atoms with van der Waals surface area (Å²) in [7, 11) is 1.10. The number of alkyl carbamates (subject to hydrolysis) is 1. The van der Waals surface area contributed by atoms with Crippen molar-refractivity contribution in [3.8, 4) is 11.3 Å². The van der Waals surface area contributed by atoms with Crippen LogP contribution in [0.15, 0.2) is 59.0 Å². The van der Waals surface area contributed by atoms with Crippen LogP contribution in [0.1, 0.15) is 43.6 Å². The lowest BCUT2D eigenvalue weighted by molar-refractivity contribution is 0.0502. The van der Waals surface area contributed by atoms with Crippen LogP contribution in [0, 0.1) is 11.6 Å². The highest BCUT2D eigenvalue weighted by Gasteiger charge is 2.28. The third kappa shape index (κ3) is 7.85. The summed E-state index contributed by atoms with van der Waals surface area (Å²) >= 11 is 6.61. The summed E-state index contributed by atoms with van der Waals surface area (Å²) < 4.78 is 38.4. The molecule has 4 N–H and O–H groups in total. The number of halogens is 3. The van der Waals surface area contributed by atoms with E-state index in [9.17, 15) is 13.6 Å². The molecular weight excluding hydrogens is 594 g/mol. The van der Waals surface area contributed by atoms with Gasteiger partial charge in [0.15, 0.2) is 0 Å². The monoisotopic (exact) mass is 626 g/mol. The SMILES string of the molecule is C=S(C)/N=C(\N)c1c(Cl)ccc(-c2nc3ccccc3nc2[C@@H](Cc2cc(F)cc(F)c2)NC(=O)OC(C)(C)C)c1NC. The molecule has 4 rings (SSSR count). The number of amidine groups is 1. The number of hydrogen-bond acceptors (Lipinski definition) is 6. The number of para-hydroxylation sites is 2. The van der Waals surface area contributed by atoms with Crippen molar-refractivity contribution < 1.29 is 18.3 Å². The van der Waals surface area contributed by atoms with Crippen LogP contribution >= 0.6 is 22.3 Å². The van der Waals surface area contributed by atoms with Gasteiger partial charge < -0.3 is 21.1 Å². The highest BCUT2D eigenvalue weighted by Crippen LogP contribution is 2.38. The van der Waals surface area contributed by atoms with Crippen LogP contribution in [-0.4, -0.2) is 46.7 Å². The molecule has 0 saturated heterocycles. The van der Waals surface area contributed by atoms with E-state index in [0.29, 0.717) is 49.8 Å². The Balaban J connectivity index is 2.00. The molecule has 0 saturated carbocycles. The molecule has 226 valence electrons. The van der Waals surface area contributed by atoms with Gasteiger partial charge in [-0.1, -0.05) is 40.3 Å². The van der Waals surface area contributed by atoms with Crippen molar-refractivity contribution >= 4 is 56.8 Å². The van der Waals surface area contributed by atoms with Gasteiger partial charge in [0.05, 0.1) is 44.7 Å². The van der Waals surface area contributed by atoms with Crippen molar-refractivity contribution in [1.82, 2.24) is 15.3 Å². The fraction of sp³-hybridized carbons (Fsp3) is 0.258. The van der Waals surface area contributed by atoms with Crippen molar-refractivity contribution in [3.05, 3.63) is 88.1 Å². The number of rotatable bonds is 8. The Bertz CT molecular complexity index is 1720. The molecule has 0 aliphatic rings. The third-order valence-corrected chi connectivity index (χ3v) is 6.97. The van der Waals surface area contributed by atoms with Crippen LogP contribution in [0.2, 0.25) is 5.02 Å². The minimum Gasteiger partial charge on any atom is -0.444 e. The number of nitrogens with zero attached hydrogens (tertiary/aromatic N) is 3. The Morgan fingerprint density at radius 2 is 1.74 bits per heavy atom. The van der Waals surface area contributed by atoms with E-state index in [2.05, 4.69) is 20.9 Å². The second-order valence-corrected chi connectivity index (χ2v) is 12.6. The van der Waals surface area contributed by atoms with Gasteiger partial charge in [-0.05, 0) is 75.4 Å². The maximum atomic E-state index is 14.2. The molecule has 2 atom stereocenters. The summed E-state index contributed by atoms with van der Waals surface area (Å²) in [6, 6.07) is 13.0. The zero-order valence-electron chi connectivity index (χ0n) is 24.5. The molecule has 0 aliphatic carbocycles. The molecule has 43 heavy (non-hydrogen) atoms. The number of nitrogens with two attached hydrogens (primary N) is 1. The number of fused-ring (bicyclic) bond motifs is 1. The van der Waals surface area contributed by atoms with E-state index in [1.54, 1.807) is 46.0 Å². The van der Waals surface area contributed by atoms with E-state index in [-0.39, 0.29) is 12.3 Å². The summed E-state index contributed by atoms with van der Waals surface area (Å²) in [6.07, 6.45) is 1.06. The van der Waals surface area contributed by atoms with Gasteiger partial charge in [0, 0.05) is 18.7 Å². The molecule has 8 nitrogen and oxygen atoms in total. The topological polar surface area (TPSA) is 115 Å². The Kier molecular flexibility index (Phi) is 9.66. The first kappa shape index (κ1) is 31.8. The van der Waals surface area contributed by atoms with Crippen LogP contribution in [0.3, 0.4) is 0 Å². The zero-order valence-corrected chi connectivity index (χ0v) is 26.0. The number of amides is 1. The van der Waals surface area contributed by atoms with Crippen molar-refractivity contribution in [3.63, 3.8) is 0 Å². The van der Waals surface area contributed by atoms with Crippen molar-refractivity contribution in [1.29, 1.82) is 0 Å². The molecule has 1 amide bonds. The molecule has 3 aromatic carbocycles. The number of carbonyl (C=O) groups is 1. The average molecular weight is 627 g/mol. The third-order valence-electron chi connectivity index (χ3n) is 6.15. The Morgan fingerprint density at radius 3 is 2.33 bits per heavy atom. The molecule has 12 heteroatoms. The Labute approximate surface area is 256 Å². The number of anilines is 1. The number of benzene rings is 3. The van der Waals surface area contributed by atoms with E-state index in [4.69, 9.17) is 32.0 Å². The largest absolute Gasteiger partial charge is 0.444 e. The molecule has 4 aromatic rings. The van der Waals surface area contributed by atoms with Crippen LogP contribution in [0.4, 0.5) is 19.3 Å². The zero-order chi connectivity index (χ0) is 31.5. The van der Waals surface area contributed by atoms with Gasteiger partial charge >= 0.3 is 6.09 Å². The van der Waals surface area contributed by atoms with Crippen molar-refractivity contribution in [2.45, 2.75) is 38.8 Å². The van der Waals surface area contributed by atoms with Crippen molar-refractivity contribution in [2.24, 2.45) is 10.1 Å². The second-order valence-electron chi connectivity index (χ2n) is 10.8. The van der Waals surface area contributed by atoms with Gasteiger partial charge in [-0.3, -0.25) is 0 Å². The summed E-state index contributed by atoms with van der Waals surface area (Å²) in [5, 5.41) is 6.38. The molecule has 0 radical (unpaired) electrons. The van der Waals surface area contributed by atoms with E-state index >= 15 is 0 Å². The van der Waals surface area contributed by atoms with Crippen LogP contribution in [0.25, 0.3) is 22.3 Å². The molecule has 1 aromatic heterocycles. The Morgan fingerprint density at radius 1 is 1.12 bits per heavy atom. The summed E-state index contributed by atoms with van der Waals surface area (Å²) in [5.41, 5.74) is 9.27. The van der Waals surface area contributed by atoms with Gasteiger partial charge in [0.2, 0.25) is 0 Å². The molecular formula is C31H33ClF2N6O2S. The maximum absolute atomic E-state index is 14.2. The van der Waals surface area contributed by atoms with Crippen molar-refractivity contribution in [2.75, 3.05) is 18.6 Å². The lowest BCUT2D eigenvalue weighted by Crippen LogP contribution is -2.36. The standard InChI is InChI=1S/C31H33ClF2N6O2S/c1-31(2,3)42-30(41)39-24(15-17-13-18(33)16-19(34)14-17)28-27(37-22-9-7-8-10-23(22)38-28)20-11-12-21(32)25(26(20)36-4)29(35)40-43(5)6/h7-14,16,24,36H,5,15H2,1-4,6H3,(H2,35,40)(H,39,41)/t24-,43?/m1/s1. The van der Waals surface area contributed by atoms with Gasteiger partial charge in [0.25, 0.3) is 0 Å². The molecule has 1 heterocycles. The van der Waals surface area contributed by atoms with Gasteiger partial charge in [0.1, 0.15) is 23.1 Å².